The molecule has 0 spiro atoms. The van der Waals surface area contributed by atoms with Gasteiger partial charge in [-0.25, -0.2) is 0 Å². The van der Waals surface area contributed by atoms with Crippen molar-refractivity contribution in [1.82, 2.24) is 5.32 Å². The maximum Gasteiger partial charge on any atom is 0.0234 e. The second-order valence-corrected chi connectivity index (χ2v) is 13.8. The fourth-order valence-corrected chi connectivity index (χ4v) is 9.35. The fraction of sp³-hybridized carbons (Fsp3) is 1.00. The van der Waals surface area contributed by atoms with Crippen LogP contribution in [-0.2, 0) is 0 Å². The van der Waals surface area contributed by atoms with E-state index in [9.17, 15) is 0 Å². The number of fused-ring (bicyclic) bond motifs is 5. The predicted molar refractivity (Wildman–Crippen MR) is 153 cm³/mol. The first kappa shape index (κ1) is 30.2. The molecule has 202 valence electrons. The quantitative estimate of drug-likeness (QED) is 0.377. The van der Waals surface area contributed by atoms with Crippen LogP contribution in [0.3, 0.4) is 0 Å². The number of rotatable bonds is 6. The molecule has 0 aromatic rings. The van der Waals surface area contributed by atoms with Crippen molar-refractivity contribution in [1.29, 1.82) is 0 Å². The van der Waals surface area contributed by atoms with Crippen molar-refractivity contribution in [3.63, 3.8) is 0 Å². The smallest absolute Gasteiger partial charge is 0.0234 e. The lowest BCUT2D eigenvalue weighted by atomic mass is 9.44. The average Bonchev–Trinajstić information content (AvgIpc) is 3.10. The molecule has 7 atom stereocenters. The second-order valence-electron chi connectivity index (χ2n) is 13.8. The highest BCUT2D eigenvalue weighted by Crippen LogP contribution is 2.68. The monoisotopic (exact) mass is 476 g/mol. The lowest BCUT2D eigenvalue weighted by Crippen LogP contribution is -2.59. The first-order chi connectivity index (χ1) is 16.2. The first-order valence-corrected chi connectivity index (χ1v) is 15.9. The molecule has 1 nitrogen and oxygen atoms in total. The van der Waals surface area contributed by atoms with Gasteiger partial charge in [-0.2, -0.15) is 0 Å². The Bertz CT molecular complexity index is 567. The molecule has 4 rings (SSSR count). The van der Waals surface area contributed by atoms with Crippen LogP contribution in [-0.4, -0.2) is 12.6 Å². The molecule has 1 N–H and O–H groups in total. The Kier molecular flexibility index (Phi) is 12.0. The minimum absolute atomic E-state index is 0.421. The standard InChI is InChI=1S/C27H49N.2C3H8/c1-20(2)10-6-9-17-27(28-5)19-15-24-22-13-12-21-11-7-8-16-25(21,3)23(22)14-18-26(24,27)4;2*1-3-2/h20-24,28H,6-19H2,1-5H3;2*3H2,1-2H3. The van der Waals surface area contributed by atoms with Crippen molar-refractivity contribution in [2.24, 2.45) is 40.4 Å². The van der Waals surface area contributed by atoms with E-state index < -0.39 is 0 Å². The van der Waals surface area contributed by atoms with Gasteiger partial charge in [-0.05, 0) is 105 Å². The van der Waals surface area contributed by atoms with E-state index in [-0.39, 0.29) is 0 Å². The molecule has 4 aliphatic rings. The van der Waals surface area contributed by atoms with Gasteiger partial charge in [-0.3, -0.25) is 0 Å². The molecule has 34 heavy (non-hydrogen) atoms. The minimum Gasteiger partial charge on any atom is -0.314 e. The largest absolute Gasteiger partial charge is 0.314 e. The number of hydrogen-bond donors (Lipinski definition) is 1. The summed E-state index contributed by atoms with van der Waals surface area (Å²) in [6, 6.07) is 0. The Morgan fingerprint density at radius 3 is 2.03 bits per heavy atom. The minimum atomic E-state index is 0.421. The maximum absolute atomic E-state index is 3.97. The highest BCUT2D eigenvalue weighted by molar-refractivity contribution is 5.16. The number of hydrogen-bond acceptors (Lipinski definition) is 1. The van der Waals surface area contributed by atoms with Gasteiger partial charge >= 0.3 is 0 Å². The van der Waals surface area contributed by atoms with E-state index in [4.69, 9.17) is 0 Å². The average molecular weight is 476 g/mol. The molecule has 4 fully saturated rings. The highest BCUT2D eigenvalue weighted by atomic mass is 15.0. The van der Waals surface area contributed by atoms with E-state index in [1.807, 2.05) is 0 Å². The van der Waals surface area contributed by atoms with Gasteiger partial charge in [0, 0.05) is 5.54 Å². The summed E-state index contributed by atoms with van der Waals surface area (Å²) in [4.78, 5) is 0. The summed E-state index contributed by atoms with van der Waals surface area (Å²) >= 11 is 0. The zero-order valence-electron chi connectivity index (χ0n) is 25.2. The van der Waals surface area contributed by atoms with Gasteiger partial charge in [0.15, 0.2) is 0 Å². The van der Waals surface area contributed by atoms with Crippen molar-refractivity contribution in [3.05, 3.63) is 0 Å². The predicted octanol–water partition coefficient (Wildman–Crippen LogP) is 10.4. The first-order valence-electron chi connectivity index (χ1n) is 15.9. The summed E-state index contributed by atoms with van der Waals surface area (Å²) in [5.74, 6) is 4.98. The molecule has 0 amide bonds. The zero-order valence-corrected chi connectivity index (χ0v) is 25.2. The van der Waals surface area contributed by atoms with Gasteiger partial charge in [0.2, 0.25) is 0 Å². The number of nitrogens with one attached hydrogen (secondary N) is 1. The molecule has 0 radical (unpaired) electrons. The number of unbranched alkanes of at least 4 members (excludes halogenated alkanes) is 1. The van der Waals surface area contributed by atoms with E-state index in [0.717, 1.165) is 29.6 Å². The van der Waals surface area contributed by atoms with Crippen LogP contribution in [0.4, 0.5) is 0 Å². The normalized spacial score (nSPS) is 40.8. The summed E-state index contributed by atoms with van der Waals surface area (Å²) in [5, 5.41) is 3.97. The lowest BCUT2D eigenvalue weighted by molar-refractivity contribution is -0.117. The Balaban J connectivity index is 0.000000618. The molecule has 0 aliphatic heterocycles. The van der Waals surface area contributed by atoms with Crippen LogP contribution < -0.4 is 5.32 Å². The highest BCUT2D eigenvalue weighted by Gasteiger charge is 2.63. The molecule has 0 aromatic heterocycles. The molecule has 4 saturated carbocycles. The summed E-state index contributed by atoms with van der Waals surface area (Å²) in [7, 11) is 2.29. The third kappa shape index (κ3) is 6.08. The molecule has 7 unspecified atom stereocenters. The van der Waals surface area contributed by atoms with Gasteiger partial charge < -0.3 is 5.32 Å². The van der Waals surface area contributed by atoms with E-state index in [1.54, 1.807) is 12.8 Å². The molecular weight excluding hydrogens is 410 g/mol. The Labute approximate surface area is 216 Å². The molecule has 0 aromatic carbocycles. The molecule has 0 saturated heterocycles. The summed E-state index contributed by atoms with van der Waals surface area (Å²) in [6.45, 7) is 18.7. The van der Waals surface area contributed by atoms with E-state index in [2.05, 4.69) is 67.8 Å². The fourth-order valence-electron chi connectivity index (χ4n) is 9.35. The maximum atomic E-state index is 3.97. The zero-order chi connectivity index (χ0) is 25.4. The van der Waals surface area contributed by atoms with Crippen molar-refractivity contribution in [3.8, 4) is 0 Å². The van der Waals surface area contributed by atoms with Crippen LogP contribution in [0.25, 0.3) is 0 Å². The van der Waals surface area contributed by atoms with Crippen LogP contribution >= 0.6 is 0 Å². The Morgan fingerprint density at radius 2 is 1.41 bits per heavy atom. The topological polar surface area (TPSA) is 12.0 Å². The van der Waals surface area contributed by atoms with Crippen LogP contribution in [0.5, 0.6) is 0 Å². The van der Waals surface area contributed by atoms with Crippen molar-refractivity contribution >= 4 is 0 Å². The molecule has 0 heterocycles. The van der Waals surface area contributed by atoms with Crippen LogP contribution in [0, 0.1) is 40.4 Å². The van der Waals surface area contributed by atoms with Gasteiger partial charge in [-0.1, -0.05) is 100 Å². The van der Waals surface area contributed by atoms with Gasteiger partial charge in [-0.15, -0.1) is 0 Å². The summed E-state index contributed by atoms with van der Waals surface area (Å²) in [5.41, 5.74) is 1.65. The lowest BCUT2D eigenvalue weighted by Gasteiger charge is -2.62. The van der Waals surface area contributed by atoms with Crippen LogP contribution in [0.2, 0.25) is 0 Å². The van der Waals surface area contributed by atoms with Gasteiger partial charge in [0.25, 0.3) is 0 Å². The van der Waals surface area contributed by atoms with Crippen molar-refractivity contribution in [2.75, 3.05) is 7.05 Å². The van der Waals surface area contributed by atoms with E-state index in [0.29, 0.717) is 16.4 Å². The van der Waals surface area contributed by atoms with Crippen LogP contribution in [0.15, 0.2) is 0 Å². The third-order valence-electron chi connectivity index (χ3n) is 11.1. The van der Waals surface area contributed by atoms with E-state index >= 15 is 0 Å². The molecule has 0 bridgehead atoms. The van der Waals surface area contributed by atoms with Crippen molar-refractivity contribution < 1.29 is 0 Å². The van der Waals surface area contributed by atoms with Crippen molar-refractivity contribution in [2.45, 2.75) is 164 Å². The molecule has 4 aliphatic carbocycles. The van der Waals surface area contributed by atoms with Gasteiger partial charge in [0.1, 0.15) is 0 Å². The summed E-state index contributed by atoms with van der Waals surface area (Å²) < 4.78 is 0. The van der Waals surface area contributed by atoms with Gasteiger partial charge in [0.05, 0.1) is 0 Å². The molecular formula is C33H65N. The molecule has 1 heteroatoms. The summed E-state index contributed by atoms with van der Waals surface area (Å²) in [6.07, 6.45) is 23.3. The van der Waals surface area contributed by atoms with Crippen LogP contribution in [0.1, 0.15) is 158 Å². The second kappa shape index (κ2) is 13.5. The Morgan fingerprint density at radius 1 is 0.765 bits per heavy atom. The third-order valence-corrected chi connectivity index (χ3v) is 11.1. The SMILES string of the molecule is CCC.CCC.CNC1(CCCCC(C)C)CCC2C3CCC4CCCCC4(C)C3CCC21C. The van der Waals surface area contributed by atoms with E-state index in [1.165, 1.54) is 89.9 Å². The Hall–Kier alpha value is -0.0400.